The van der Waals surface area contributed by atoms with Crippen molar-refractivity contribution in [3.8, 4) is 0 Å². The van der Waals surface area contributed by atoms with Crippen LogP contribution in [0.1, 0.15) is 193 Å². The normalized spacial score (nSPS) is 20.0. The van der Waals surface area contributed by atoms with E-state index in [1.165, 1.54) is 19.6 Å². The van der Waals surface area contributed by atoms with Gasteiger partial charge in [0.25, 0.3) is 0 Å². The molecule has 30 heteroatoms. The molecule has 3 fully saturated rings. The molecule has 0 radical (unpaired) electrons. The maximum atomic E-state index is 12.8. The fourth-order valence-electron chi connectivity index (χ4n) is 9.72. The second-order valence-electron chi connectivity index (χ2n) is 33.7. The lowest BCUT2D eigenvalue weighted by Crippen LogP contribution is -2.60. The van der Waals surface area contributed by atoms with Gasteiger partial charge in [0.1, 0.15) is 46.8 Å². The first-order valence-corrected chi connectivity index (χ1v) is 43.8. The maximum absolute atomic E-state index is 12.8. The fraction of sp³-hybridized carbons (Fsp3) is 0.773. The Morgan fingerprint density at radius 2 is 1.00 bits per heavy atom. The number of carboxylic acid groups (broad SMARTS) is 1. The second-order valence-corrected chi connectivity index (χ2v) is 47.4. The Balaban J connectivity index is 0. The van der Waals surface area contributed by atoms with Gasteiger partial charge in [0, 0.05) is 55.8 Å². The van der Waals surface area contributed by atoms with Crippen molar-refractivity contribution in [3.05, 3.63) is 43.0 Å². The van der Waals surface area contributed by atoms with Gasteiger partial charge < -0.3 is 86.9 Å². The van der Waals surface area contributed by atoms with Crippen LogP contribution in [0.2, 0.25) is 41.3 Å². The molecule has 26 nitrogen and oxygen atoms in total. The molecule has 3 heterocycles. The Hall–Kier alpha value is -6.03. The highest BCUT2D eigenvalue weighted by Gasteiger charge is 2.51. The number of aldehydes is 1. The number of ether oxygens (including phenoxy) is 7. The van der Waals surface area contributed by atoms with Crippen molar-refractivity contribution in [1.29, 1.82) is 0 Å². The summed E-state index contributed by atoms with van der Waals surface area (Å²) in [7, 11) is -5.96. The number of hydrogen-bond acceptors (Lipinski definition) is 21. The maximum Gasteiger partial charge on any atom is 0.408 e. The third-order valence-corrected chi connectivity index (χ3v) is 30.9. The monoisotopic (exact) mass is 1550 g/mol. The number of cyclic esters (lactones) is 3. The molecule has 0 saturated carbocycles. The van der Waals surface area contributed by atoms with Gasteiger partial charge in [0.15, 0.2) is 16.6 Å². The lowest BCUT2D eigenvalue weighted by Gasteiger charge is -2.41. The molecule has 4 rings (SSSR count). The summed E-state index contributed by atoms with van der Waals surface area (Å²) in [5.74, 6) is -4.66. The molecule has 0 spiro atoms. The number of carbonyl (C=O) groups excluding carboxylic acids is 8. The summed E-state index contributed by atoms with van der Waals surface area (Å²) < 4.78 is 76.6. The molecular formula is C75H138FN5O21Si3. The zero-order valence-corrected chi connectivity index (χ0v) is 72.2. The smallest absolute Gasteiger partial charge is 0.408 e. The van der Waals surface area contributed by atoms with Crippen LogP contribution in [0.3, 0.4) is 0 Å². The van der Waals surface area contributed by atoms with E-state index < -0.39 is 133 Å². The van der Waals surface area contributed by atoms with Crippen molar-refractivity contribution in [2.75, 3.05) is 73.5 Å². The highest BCUT2D eigenvalue weighted by atomic mass is 28.4. The van der Waals surface area contributed by atoms with Crippen LogP contribution in [-0.4, -0.2) is 210 Å². The molecule has 0 aliphatic carbocycles. The van der Waals surface area contributed by atoms with Crippen LogP contribution in [0.25, 0.3) is 0 Å². The molecule has 3 saturated heterocycles. The van der Waals surface area contributed by atoms with Gasteiger partial charge in [-0.15, -0.1) is 6.58 Å². The first-order chi connectivity index (χ1) is 48.3. The highest BCUT2D eigenvalue weighted by Crippen LogP contribution is 2.40. The molecule has 608 valence electrons. The van der Waals surface area contributed by atoms with Gasteiger partial charge in [0.2, 0.25) is 0 Å². The number of carboxylic acids is 1. The zero-order valence-electron chi connectivity index (χ0n) is 70.2. The minimum absolute atomic E-state index is 0.0439. The molecule has 1 aromatic carbocycles. The first-order valence-electron chi connectivity index (χ1n) is 36.9. The van der Waals surface area contributed by atoms with E-state index in [-0.39, 0.29) is 52.6 Å². The van der Waals surface area contributed by atoms with Gasteiger partial charge in [-0.1, -0.05) is 119 Å². The fourth-order valence-corrected chi connectivity index (χ4v) is 15.3. The number of benzene rings is 1. The molecule has 5 N–H and O–H groups in total. The largest absolute Gasteiger partial charge is 0.481 e. The lowest BCUT2D eigenvalue weighted by atomic mass is 9.94. The molecule has 9 atom stereocenters. The third kappa shape index (κ3) is 38.6. The van der Waals surface area contributed by atoms with Crippen LogP contribution in [-0.2, 0) is 74.8 Å². The average molecular weight is 1550 g/mol. The van der Waals surface area contributed by atoms with Crippen LogP contribution in [0.5, 0.6) is 0 Å². The molecule has 1 unspecified atom stereocenters. The molecule has 0 bridgehead atoms. The Labute approximate surface area is 633 Å². The number of alkyl halides is 1. The summed E-state index contributed by atoms with van der Waals surface area (Å²) in [5, 5.41) is 20.4. The van der Waals surface area contributed by atoms with Gasteiger partial charge in [-0.25, -0.2) is 33.6 Å². The van der Waals surface area contributed by atoms with Crippen molar-refractivity contribution in [1.82, 2.24) is 26.2 Å². The highest BCUT2D eigenvalue weighted by molar-refractivity contribution is 6.83. The quantitative estimate of drug-likeness (QED) is 0.0223. The van der Waals surface area contributed by atoms with E-state index in [9.17, 15) is 47.5 Å². The van der Waals surface area contributed by atoms with E-state index in [1.54, 1.807) is 69.4 Å². The predicted octanol–water partition coefficient (Wildman–Crippen LogP) is 13.5. The summed E-state index contributed by atoms with van der Waals surface area (Å²) >= 11 is 0. The number of carbonyl (C=O) groups is 9. The van der Waals surface area contributed by atoms with Gasteiger partial charge in [-0.2, -0.15) is 0 Å². The van der Waals surface area contributed by atoms with Crippen LogP contribution in [0, 0.1) is 23.7 Å². The number of amides is 4. The Bertz CT molecular complexity index is 2840. The molecule has 4 amide bonds. The van der Waals surface area contributed by atoms with E-state index in [0.717, 1.165) is 5.19 Å². The number of hydrogen-bond donors (Lipinski definition) is 5. The second kappa shape index (κ2) is 45.1. The van der Waals surface area contributed by atoms with Crippen molar-refractivity contribution in [2.24, 2.45) is 23.7 Å². The minimum Gasteiger partial charge on any atom is -0.481 e. The number of esters is 3. The van der Waals surface area contributed by atoms with Crippen LogP contribution < -0.4 is 26.5 Å². The third-order valence-electron chi connectivity index (χ3n) is 17.6. The SMILES string of the molecule is C=C[C@@H](CO[Si](C)(C)C(C)(C)C)[C@@H](CCO[Si](OC)(c1ccccc1)C(C)(C)C)NC(=O)OC(C)(C)C.CC(C)(C)OC(=O)N[C@@H]1C(=O)OCC[C@H]1C(=O)O.CC(C)(C)OC(=O)N[C@@H]1C(=O)OCC[C@H]1C=O.CC(C)(C)OC(=O)N[C@@H]1C(=O)OCC[C@H]1CO[Si](C)(C)C(C)(C)C.CCN(CC)CC.[2H]CF. The van der Waals surface area contributed by atoms with E-state index in [4.69, 9.17) is 57.3 Å². The summed E-state index contributed by atoms with van der Waals surface area (Å²) in [6.45, 7) is 65.6. The van der Waals surface area contributed by atoms with E-state index in [2.05, 4.69) is 154 Å². The lowest BCUT2D eigenvalue weighted by molar-refractivity contribution is -0.161. The molecule has 3 aliphatic rings. The zero-order chi connectivity index (χ0) is 82.8. The topological polar surface area (TPSA) is 327 Å². The summed E-state index contributed by atoms with van der Waals surface area (Å²) in [4.78, 5) is 107. The molecule has 105 heavy (non-hydrogen) atoms. The van der Waals surface area contributed by atoms with E-state index in [0.29, 0.717) is 52.0 Å². The molecule has 3 aliphatic heterocycles. The predicted molar refractivity (Wildman–Crippen MR) is 413 cm³/mol. The number of alkyl carbamates (subject to hydrolysis) is 4. The van der Waals surface area contributed by atoms with E-state index >= 15 is 0 Å². The van der Waals surface area contributed by atoms with Crippen molar-refractivity contribution in [2.45, 2.75) is 280 Å². The first kappa shape index (κ1) is 99.0. The summed E-state index contributed by atoms with van der Waals surface area (Å²) in [5.41, 5.74) is -2.58. The van der Waals surface area contributed by atoms with Gasteiger partial charge in [-0.05, 0) is 170 Å². The number of nitrogens with one attached hydrogen (secondary N) is 4. The molecule has 1 aromatic rings. The Kier molecular flexibility index (Phi) is 42.5. The summed E-state index contributed by atoms with van der Waals surface area (Å²) in [6, 6.07) is 7.05. The molecule has 0 aromatic heterocycles. The number of aliphatic carboxylic acids is 1. The standard InChI is InChI=1S/C29H53NO5Si2.C17H33NO5Si.C11H17NO6.C11H17NO5.C6H15N.CH3F/c1-14-23(22-34-36(12,13)28(5,6)7)25(30-26(31)35-27(2,3)4)20-21-33-37(32-11,29(8,9)10)24-18-16-15-17-19-24;1-16(2,3)23-15(20)18-13-12(9-10-21-14(13)19)11-22-24(7,8)17(4,5)6;1-11(2,3)18-10(16)12-7-6(8(13)14)4-5-17-9(7)15;1-11(2,3)17-10(15)12-8-7(6-13)4-5-16-9(8)14;1-4-7(5-2)6-3;1-2/h14-19,23,25H,1,20-22H2,2-13H3,(H,30,31);12-13H,9-11H2,1-8H3,(H,18,20);6-7H,4-5H2,1-3H3,(H,12,16)(H,13,14);6-8H,4-5H2,1-3H3,(H,12,15);4-6H2,1-3H3;1H3/t23-,25+,37?;12-,13-;6-,7+;7-,8-;;/m0010../s1/i;;;;;1D. The van der Waals surface area contributed by atoms with Gasteiger partial charge in [0.05, 0.1) is 34.3 Å². The van der Waals surface area contributed by atoms with Crippen molar-refractivity contribution >= 4 is 84.9 Å². The summed E-state index contributed by atoms with van der Waals surface area (Å²) in [6.07, 6.45) is 1.72. The number of nitrogens with zero attached hydrogens (tertiary/aromatic N) is 1. The Morgan fingerprint density at radius 1 is 0.610 bits per heavy atom. The number of halogens is 1. The van der Waals surface area contributed by atoms with Crippen LogP contribution in [0.4, 0.5) is 23.6 Å². The number of rotatable bonds is 23. The van der Waals surface area contributed by atoms with E-state index in [1.807, 2.05) is 45.0 Å². The molecular weight excluding hydrogens is 1410 g/mol. The minimum atomic E-state index is -2.80. The van der Waals surface area contributed by atoms with Crippen molar-refractivity contribution in [3.63, 3.8) is 0 Å². The van der Waals surface area contributed by atoms with Crippen molar-refractivity contribution < 1.29 is 105 Å². The average Bonchev–Trinajstić information content (AvgIpc) is 0.774. The van der Waals surface area contributed by atoms with Crippen LogP contribution >= 0.6 is 0 Å². The van der Waals surface area contributed by atoms with Gasteiger partial charge in [-0.3, -0.25) is 9.18 Å². The Morgan fingerprint density at radius 3 is 1.38 bits per heavy atom. The van der Waals surface area contributed by atoms with Crippen LogP contribution in [0.15, 0.2) is 43.0 Å². The van der Waals surface area contributed by atoms with Gasteiger partial charge >= 0.3 is 56.8 Å².